The van der Waals surface area contributed by atoms with Gasteiger partial charge in [-0.25, -0.2) is 5.84 Å². The van der Waals surface area contributed by atoms with Gasteiger partial charge in [0.05, 0.1) is 0 Å². The molecule has 4 N–H and O–H groups in total. The highest BCUT2D eigenvalue weighted by Gasteiger charge is 2.18. The molecule has 0 saturated carbocycles. The zero-order valence-corrected chi connectivity index (χ0v) is 11.2. The van der Waals surface area contributed by atoms with E-state index in [1.54, 1.807) is 6.07 Å². The molecular weight excluding hydrogens is 274 g/mol. The van der Waals surface area contributed by atoms with Gasteiger partial charge in [0.15, 0.2) is 0 Å². The molecule has 3 rings (SSSR count). The van der Waals surface area contributed by atoms with Crippen LogP contribution in [-0.2, 0) is 0 Å². The summed E-state index contributed by atoms with van der Waals surface area (Å²) in [6.07, 6.45) is 0. The van der Waals surface area contributed by atoms with Crippen molar-refractivity contribution in [2.75, 3.05) is 0 Å². The maximum atomic E-state index is 12.0. The molecule has 0 aliphatic heterocycles. The molecular formula is C15H12ClN3O. The van der Waals surface area contributed by atoms with Crippen LogP contribution < -0.4 is 11.3 Å². The highest BCUT2D eigenvalue weighted by Crippen LogP contribution is 2.33. The van der Waals surface area contributed by atoms with Gasteiger partial charge in [0.2, 0.25) is 0 Å². The monoisotopic (exact) mass is 285 g/mol. The molecule has 0 unspecified atom stereocenters. The molecule has 100 valence electrons. The van der Waals surface area contributed by atoms with Crippen LogP contribution in [0.15, 0.2) is 48.5 Å². The van der Waals surface area contributed by atoms with Crippen molar-refractivity contribution >= 4 is 28.4 Å². The molecule has 20 heavy (non-hydrogen) atoms. The van der Waals surface area contributed by atoms with Gasteiger partial charge in [-0.15, -0.1) is 0 Å². The minimum absolute atomic E-state index is 0.365. The summed E-state index contributed by atoms with van der Waals surface area (Å²) in [5.74, 6) is 4.89. The number of rotatable bonds is 2. The fourth-order valence-corrected chi connectivity index (χ4v) is 2.52. The Morgan fingerprint density at radius 1 is 1.15 bits per heavy atom. The molecule has 0 bridgehead atoms. The minimum atomic E-state index is -0.365. The summed E-state index contributed by atoms with van der Waals surface area (Å²) in [6, 6.07) is 15.1. The SMILES string of the molecule is NNC(=O)c1[nH]c2ccccc2c1-c1cccc(Cl)c1. The van der Waals surface area contributed by atoms with Crippen LogP contribution in [0.3, 0.4) is 0 Å². The zero-order chi connectivity index (χ0) is 14.1. The second kappa shape index (κ2) is 5.00. The number of para-hydroxylation sites is 1. The number of carbonyl (C=O) groups excluding carboxylic acids is 1. The molecule has 4 nitrogen and oxygen atoms in total. The van der Waals surface area contributed by atoms with Crippen molar-refractivity contribution < 1.29 is 4.79 Å². The molecule has 0 fully saturated rings. The number of aromatic nitrogens is 1. The summed E-state index contributed by atoms with van der Waals surface area (Å²) < 4.78 is 0. The molecule has 0 radical (unpaired) electrons. The van der Waals surface area contributed by atoms with Crippen molar-refractivity contribution in [1.29, 1.82) is 0 Å². The average Bonchev–Trinajstić information content (AvgIpc) is 2.85. The average molecular weight is 286 g/mol. The first-order valence-corrected chi connectivity index (χ1v) is 6.46. The third-order valence-corrected chi connectivity index (χ3v) is 3.41. The van der Waals surface area contributed by atoms with Crippen LogP contribution >= 0.6 is 11.6 Å². The Morgan fingerprint density at radius 2 is 1.95 bits per heavy atom. The number of nitrogen functional groups attached to an aromatic ring is 1. The maximum absolute atomic E-state index is 12.0. The second-order valence-corrected chi connectivity index (χ2v) is 4.84. The lowest BCUT2D eigenvalue weighted by molar-refractivity contribution is 0.0950. The molecule has 0 aliphatic rings. The second-order valence-electron chi connectivity index (χ2n) is 4.40. The van der Waals surface area contributed by atoms with Crippen LogP contribution in [0, 0.1) is 0 Å². The van der Waals surface area contributed by atoms with Gasteiger partial charge in [-0.2, -0.15) is 0 Å². The number of hydrogen-bond acceptors (Lipinski definition) is 2. The highest BCUT2D eigenvalue weighted by molar-refractivity contribution is 6.31. The lowest BCUT2D eigenvalue weighted by Gasteiger charge is -2.04. The Morgan fingerprint density at radius 3 is 2.70 bits per heavy atom. The van der Waals surface area contributed by atoms with Crippen molar-refractivity contribution in [2.45, 2.75) is 0 Å². The maximum Gasteiger partial charge on any atom is 0.282 e. The van der Waals surface area contributed by atoms with Crippen molar-refractivity contribution in [3.63, 3.8) is 0 Å². The summed E-state index contributed by atoms with van der Waals surface area (Å²) in [6.45, 7) is 0. The van der Waals surface area contributed by atoms with Gasteiger partial charge in [0.25, 0.3) is 5.91 Å². The van der Waals surface area contributed by atoms with Crippen LogP contribution in [0.5, 0.6) is 0 Å². The Balaban J connectivity index is 2.34. The summed E-state index contributed by atoms with van der Waals surface area (Å²) in [4.78, 5) is 15.1. The Labute approximate surface area is 120 Å². The predicted octanol–water partition coefficient (Wildman–Crippen LogP) is 3.09. The minimum Gasteiger partial charge on any atom is -0.350 e. The highest BCUT2D eigenvalue weighted by atomic mass is 35.5. The standard InChI is InChI=1S/C15H12ClN3O/c16-10-5-3-4-9(8-10)13-11-6-1-2-7-12(11)18-14(13)15(20)19-17/h1-8,18H,17H2,(H,19,20). The van der Waals surface area contributed by atoms with Crippen molar-refractivity contribution in [3.05, 3.63) is 59.2 Å². The van der Waals surface area contributed by atoms with Gasteiger partial charge < -0.3 is 4.98 Å². The number of nitrogens with one attached hydrogen (secondary N) is 2. The molecule has 0 spiro atoms. The van der Waals surface area contributed by atoms with Crippen LogP contribution in [0.4, 0.5) is 0 Å². The topological polar surface area (TPSA) is 70.9 Å². The van der Waals surface area contributed by atoms with E-state index < -0.39 is 0 Å². The van der Waals surface area contributed by atoms with E-state index in [1.807, 2.05) is 42.5 Å². The molecule has 2 aromatic carbocycles. The zero-order valence-electron chi connectivity index (χ0n) is 10.5. The number of H-pyrrole nitrogens is 1. The molecule has 1 aromatic heterocycles. The van der Waals surface area contributed by atoms with E-state index in [1.165, 1.54) is 0 Å². The normalized spacial score (nSPS) is 10.7. The van der Waals surface area contributed by atoms with Crippen LogP contribution in [0.25, 0.3) is 22.0 Å². The fraction of sp³-hybridized carbons (Fsp3) is 0. The first-order chi connectivity index (χ1) is 9.70. The van der Waals surface area contributed by atoms with E-state index in [4.69, 9.17) is 17.4 Å². The van der Waals surface area contributed by atoms with E-state index >= 15 is 0 Å². The first-order valence-electron chi connectivity index (χ1n) is 6.08. The molecule has 0 atom stereocenters. The lowest BCUT2D eigenvalue weighted by atomic mass is 10.0. The smallest absolute Gasteiger partial charge is 0.282 e. The van der Waals surface area contributed by atoms with E-state index in [2.05, 4.69) is 10.4 Å². The van der Waals surface area contributed by atoms with Gasteiger partial charge in [-0.3, -0.25) is 10.2 Å². The van der Waals surface area contributed by atoms with E-state index in [9.17, 15) is 4.79 Å². The Bertz CT molecular complexity index is 795. The number of halogens is 1. The molecule has 1 heterocycles. The quantitative estimate of drug-likeness (QED) is 0.385. The fourth-order valence-electron chi connectivity index (χ4n) is 2.33. The van der Waals surface area contributed by atoms with E-state index in [0.29, 0.717) is 10.7 Å². The van der Waals surface area contributed by atoms with Crippen molar-refractivity contribution in [1.82, 2.24) is 10.4 Å². The van der Waals surface area contributed by atoms with Crippen molar-refractivity contribution in [3.8, 4) is 11.1 Å². The Kier molecular flexibility index (Phi) is 3.18. The van der Waals surface area contributed by atoms with Crippen LogP contribution in [-0.4, -0.2) is 10.9 Å². The summed E-state index contributed by atoms with van der Waals surface area (Å²) in [7, 11) is 0. The number of benzene rings is 2. The number of hydrazine groups is 1. The number of hydrogen-bond donors (Lipinski definition) is 3. The van der Waals surface area contributed by atoms with E-state index in [-0.39, 0.29) is 5.91 Å². The number of fused-ring (bicyclic) bond motifs is 1. The van der Waals surface area contributed by atoms with Gasteiger partial charge in [0, 0.05) is 21.5 Å². The van der Waals surface area contributed by atoms with Crippen LogP contribution in [0.2, 0.25) is 5.02 Å². The van der Waals surface area contributed by atoms with Gasteiger partial charge in [-0.1, -0.05) is 41.9 Å². The third kappa shape index (κ3) is 2.05. The molecule has 0 saturated heterocycles. The summed E-state index contributed by atoms with van der Waals surface area (Å²) >= 11 is 6.04. The summed E-state index contributed by atoms with van der Waals surface area (Å²) in [5.41, 5.74) is 5.13. The predicted molar refractivity (Wildman–Crippen MR) is 80.4 cm³/mol. The number of nitrogens with two attached hydrogens (primary N) is 1. The largest absolute Gasteiger partial charge is 0.350 e. The van der Waals surface area contributed by atoms with Gasteiger partial charge in [-0.05, 0) is 23.8 Å². The molecule has 5 heteroatoms. The van der Waals surface area contributed by atoms with Crippen LogP contribution in [0.1, 0.15) is 10.5 Å². The molecule has 0 aliphatic carbocycles. The molecule has 3 aromatic rings. The number of amides is 1. The molecule has 1 amide bonds. The third-order valence-electron chi connectivity index (χ3n) is 3.18. The van der Waals surface area contributed by atoms with Gasteiger partial charge in [0.1, 0.15) is 5.69 Å². The van der Waals surface area contributed by atoms with E-state index in [0.717, 1.165) is 22.0 Å². The summed E-state index contributed by atoms with van der Waals surface area (Å²) in [5, 5.41) is 1.57. The number of carbonyl (C=O) groups is 1. The number of aromatic amines is 1. The van der Waals surface area contributed by atoms with Gasteiger partial charge >= 0.3 is 0 Å². The lowest BCUT2D eigenvalue weighted by Crippen LogP contribution is -2.30. The van der Waals surface area contributed by atoms with Crippen molar-refractivity contribution in [2.24, 2.45) is 5.84 Å². The first kappa shape index (κ1) is 12.7. The Hall–Kier alpha value is -2.30.